The monoisotopic (exact) mass is 242 g/mol. The van der Waals surface area contributed by atoms with E-state index in [-0.39, 0.29) is 5.91 Å². The molecular formula is C13H14N4O. The molecule has 18 heavy (non-hydrogen) atoms. The highest BCUT2D eigenvalue weighted by Gasteiger charge is 2.33. The number of nitriles is 1. The molecule has 2 heterocycles. The van der Waals surface area contributed by atoms with Crippen LogP contribution in [0.4, 0.5) is 11.4 Å². The number of fused-ring (bicyclic) bond motifs is 1. The van der Waals surface area contributed by atoms with Crippen molar-refractivity contribution >= 4 is 17.3 Å². The quantitative estimate of drug-likeness (QED) is 0.770. The maximum absolute atomic E-state index is 12.0. The lowest BCUT2D eigenvalue weighted by molar-refractivity contribution is -0.117. The molecule has 0 radical (unpaired) electrons. The summed E-state index contributed by atoms with van der Waals surface area (Å²) in [5, 5.41) is 12.2. The number of hydrogen-bond acceptors (Lipinski definition) is 4. The summed E-state index contributed by atoms with van der Waals surface area (Å²) in [4.78, 5) is 15.7. The molecule has 3 rings (SSSR count). The Morgan fingerprint density at radius 1 is 1.39 bits per heavy atom. The molecule has 2 aliphatic heterocycles. The molecule has 92 valence electrons. The molecule has 0 aliphatic carbocycles. The Morgan fingerprint density at radius 2 is 2.17 bits per heavy atom. The first kappa shape index (κ1) is 11.1. The van der Waals surface area contributed by atoms with Crippen LogP contribution in [0.15, 0.2) is 18.2 Å². The van der Waals surface area contributed by atoms with Crippen LogP contribution in [0.25, 0.3) is 0 Å². The summed E-state index contributed by atoms with van der Waals surface area (Å²) in [6, 6.07) is 7.99. The van der Waals surface area contributed by atoms with E-state index in [2.05, 4.69) is 16.3 Å². The summed E-state index contributed by atoms with van der Waals surface area (Å²) < 4.78 is 0. The van der Waals surface area contributed by atoms with Gasteiger partial charge in [0.2, 0.25) is 5.91 Å². The van der Waals surface area contributed by atoms with Gasteiger partial charge in [0.05, 0.1) is 35.6 Å². The molecule has 1 aromatic rings. The van der Waals surface area contributed by atoms with Gasteiger partial charge in [-0.05, 0) is 18.2 Å². The maximum Gasteiger partial charge on any atom is 0.246 e. The molecule has 1 saturated heterocycles. The average molecular weight is 242 g/mol. The van der Waals surface area contributed by atoms with Crippen molar-refractivity contribution in [3.63, 3.8) is 0 Å². The van der Waals surface area contributed by atoms with Crippen molar-refractivity contribution in [2.75, 3.05) is 36.5 Å². The molecule has 2 aliphatic rings. The van der Waals surface area contributed by atoms with Gasteiger partial charge >= 0.3 is 0 Å². The number of hydrogen-bond donors (Lipinski definition) is 1. The summed E-state index contributed by atoms with van der Waals surface area (Å²) in [7, 11) is 1.78. The fraction of sp³-hybridized carbons (Fsp3) is 0.385. The van der Waals surface area contributed by atoms with Crippen molar-refractivity contribution in [2.45, 2.75) is 6.04 Å². The minimum atomic E-state index is 0.0964. The van der Waals surface area contributed by atoms with Gasteiger partial charge in [-0.1, -0.05) is 0 Å². The van der Waals surface area contributed by atoms with Gasteiger partial charge in [-0.15, -0.1) is 0 Å². The van der Waals surface area contributed by atoms with Crippen molar-refractivity contribution in [2.24, 2.45) is 0 Å². The topological polar surface area (TPSA) is 59.4 Å². The van der Waals surface area contributed by atoms with Gasteiger partial charge in [0, 0.05) is 20.1 Å². The van der Waals surface area contributed by atoms with Gasteiger partial charge in [0.25, 0.3) is 0 Å². The van der Waals surface area contributed by atoms with Crippen LogP contribution < -0.4 is 15.1 Å². The van der Waals surface area contributed by atoms with Gasteiger partial charge in [-0.25, -0.2) is 0 Å². The SMILES string of the molecule is CN1C(=O)CN(C2CNC2)c2cc(C#N)ccc21. The molecule has 1 N–H and O–H groups in total. The molecule has 1 fully saturated rings. The highest BCUT2D eigenvalue weighted by Crippen LogP contribution is 2.35. The number of carbonyl (C=O) groups excluding carboxylic acids is 1. The molecular weight excluding hydrogens is 228 g/mol. The number of nitrogens with one attached hydrogen (secondary N) is 1. The van der Waals surface area contributed by atoms with Crippen LogP contribution in [0.1, 0.15) is 5.56 Å². The van der Waals surface area contributed by atoms with Crippen LogP contribution >= 0.6 is 0 Å². The van der Waals surface area contributed by atoms with Gasteiger partial charge in [-0.3, -0.25) is 4.79 Å². The Bertz CT molecular complexity index is 544. The number of nitrogens with zero attached hydrogens (tertiary/aromatic N) is 3. The van der Waals surface area contributed by atoms with Gasteiger partial charge < -0.3 is 15.1 Å². The first-order valence-corrected chi connectivity index (χ1v) is 5.99. The van der Waals surface area contributed by atoms with Crippen LogP contribution in [-0.2, 0) is 4.79 Å². The Kier molecular flexibility index (Phi) is 2.46. The second-order valence-corrected chi connectivity index (χ2v) is 4.71. The fourth-order valence-electron chi connectivity index (χ4n) is 2.40. The van der Waals surface area contributed by atoms with Crippen LogP contribution in [0.3, 0.4) is 0 Å². The largest absolute Gasteiger partial charge is 0.355 e. The minimum Gasteiger partial charge on any atom is -0.355 e. The summed E-state index contributed by atoms with van der Waals surface area (Å²) in [6.07, 6.45) is 0. The van der Waals surface area contributed by atoms with E-state index in [1.54, 1.807) is 18.0 Å². The Hall–Kier alpha value is -2.06. The summed E-state index contributed by atoms with van der Waals surface area (Å²) >= 11 is 0. The van der Waals surface area contributed by atoms with Gasteiger partial charge in [0.15, 0.2) is 0 Å². The standard InChI is InChI=1S/C13H14N4O/c1-16-11-3-2-9(5-14)4-12(11)17(8-13(16)18)10-6-15-7-10/h2-4,10,15H,6-8H2,1H3. The van der Waals surface area contributed by atoms with E-state index >= 15 is 0 Å². The van der Waals surface area contributed by atoms with Gasteiger partial charge in [-0.2, -0.15) is 5.26 Å². The van der Waals surface area contributed by atoms with Crippen LogP contribution in [0.5, 0.6) is 0 Å². The molecule has 1 amide bonds. The molecule has 0 spiro atoms. The van der Waals surface area contributed by atoms with Crippen LogP contribution in [0.2, 0.25) is 0 Å². The third-order valence-corrected chi connectivity index (χ3v) is 3.66. The highest BCUT2D eigenvalue weighted by molar-refractivity contribution is 6.03. The Morgan fingerprint density at radius 3 is 2.78 bits per heavy atom. The van der Waals surface area contributed by atoms with Crippen molar-refractivity contribution in [3.05, 3.63) is 23.8 Å². The fourth-order valence-corrected chi connectivity index (χ4v) is 2.40. The number of amides is 1. The normalized spacial score (nSPS) is 19.2. The zero-order valence-electron chi connectivity index (χ0n) is 10.2. The highest BCUT2D eigenvalue weighted by atomic mass is 16.2. The minimum absolute atomic E-state index is 0.0964. The van der Waals surface area contributed by atoms with Crippen molar-refractivity contribution < 1.29 is 4.79 Å². The average Bonchev–Trinajstić information content (AvgIpc) is 2.33. The lowest BCUT2D eigenvalue weighted by Crippen LogP contribution is -2.61. The first-order valence-electron chi connectivity index (χ1n) is 5.99. The van der Waals surface area contributed by atoms with E-state index in [0.717, 1.165) is 24.5 Å². The second-order valence-electron chi connectivity index (χ2n) is 4.71. The number of rotatable bonds is 1. The molecule has 5 nitrogen and oxygen atoms in total. The molecule has 0 bridgehead atoms. The summed E-state index contributed by atoms with van der Waals surface area (Å²) in [5.74, 6) is 0.0964. The number of likely N-dealkylation sites (N-methyl/N-ethyl adjacent to an activating group) is 1. The number of benzene rings is 1. The lowest BCUT2D eigenvalue weighted by atomic mass is 10.0. The van der Waals surface area contributed by atoms with Crippen LogP contribution in [-0.4, -0.2) is 38.6 Å². The predicted octanol–water partition coefficient (Wildman–Crippen LogP) is 0.313. The molecule has 1 aromatic carbocycles. The van der Waals surface area contributed by atoms with E-state index in [1.165, 1.54) is 0 Å². The van der Waals surface area contributed by atoms with Crippen molar-refractivity contribution in [3.8, 4) is 6.07 Å². The smallest absolute Gasteiger partial charge is 0.246 e. The van der Waals surface area contributed by atoms with E-state index in [4.69, 9.17) is 5.26 Å². The lowest BCUT2D eigenvalue weighted by Gasteiger charge is -2.44. The maximum atomic E-state index is 12.0. The molecule has 0 aromatic heterocycles. The van der Waals surface area contributed by atoms with Crippen LogP contribution in [0, 0.1) is 11.3 Å². The third kappa shape index (κ3) is 1.54. The summed E-state index contributed by atoms with van der Waals surface area (Å²) in [6.45, 7) is 2.19. The van der Waals surface area contributed by atoms with Crippen molar-refractivity contribution in [1.29, 1.82) is 5.26 Å². The van der Waals surface area contributed by atoms with Gasteiger partial charge in [0.1, 0.15) is 0 Å². The first-order chi connectivity index (χ1) is 8.70. The number of carbonyl (C=O) groups is 1. The Labute approximate surface area is 106 Å². The zero-order valence-corrected chi connectivity index (χ0v) is 10.2. The van der Waals surface area contributed by atoms with E-state index < -0.39 is 0 Å². The molecule has 0 unspecified atom stereocenters. The molecule has 0 atom stereocenters. The molecule has 5 heteroatoms. The van der Waals surface area contributed by atoms with Crippen molar-refractivity contribution in [1.82, 2.24) is 5.32 Å². The van der Waals surface area contributed by atoms with E-state index in [1.807, 2.05) is 12.1 Å². The van der Waals surface area contributed by atoms with E-state index in [0.29, 0.717) is 18.2 Å². The zero-order chi connectivity index (χ0) is 12.7. The number of anilines is 2. The summed E-state index contributed by atoms with van der Waals surface area (Å²) in [5.41, 5.74) is 2.51. The van der Waals surface area contributed by atoms with E-state index in [9.17, 15) is 4.79 Å². The molecule has 0 saturated carbocycles. The second kappa shape index (κ2) is 4.00. The third-order valence-electron chi connectivity index (χ3n) is 3.66. The Balaban J connectivity index is 2.07. The predicted molar refractivity (Wildman–Crippen MR) is 68.6 cm³/mol.